The van der Waals surface area contributed by atoms with Gasteiger partial charge in [-0.3, -0.25) is 5.32 Å². The van der Waals surface area contributed by atoms with Gasteiger partial charge in [-0.25, -0.2) is 0 Å². The fraction of sp³-hybridized carbons (Fsp3) is 0.462. The van der Waals surface area contributed by atoms with Crippen molar-refractivity contribution in [2.24, 2.45) is 0 Å². The summed E-state index contributed by atoms with van der Waals surface area (Å²) in [5.41, 5.74) is 0.823. The van der Waals surface area contributed by atoms with Gasteiger partial charge in [-0.1, -0.05) is 24.6 Å². The van der Waals surface area contributed by atoms with E-state index in [0.717, 1.165) is 12.3 Å². The van der Waals surface area contributed by atoms with Gasteiger partial charge in [0.2, 0.25) is 0 Å². The first-order chi connectivity index (χ1) is 7.59. The zero-order valence-electron chi connectivity index (χ0n) is 10.1. The number of hydrogen-bond donors (Lipinski definition) is 1. The summed E-state index contributed by atoms with van der Waals surface area (Å²) in [5, 5.41) is 12.3. The summed E-state index contributed by atoms with van der Waals surface area (Å²) < 4.78 is 0. The lowest BCUT2D eigenvalue weighted by Crippen LogP contribution is -2.43. The Hall–Kier alpha value is -0.980. The van der Waals surface area contributed by atoms with Crippen LogP contribution in [0, 0.1) is 18.3 Å². The van der Waals surface area contributed by atoms with Crippen LogP contribution in [0.5, 0.6) is 0 Å². The second kappa shape index (κ2) is 5.93. The molecule has 1 atom stereocenters. The summed E-state index contributed by atoms with van der Waals surface area (Å²) in [4.78, 5) is 1.21. The molecule has 0 bridgehead atoms. The van der Waals surface area contributed by atoms with Crippen molar-refractivity contribution in [3.8, 4) is 6.07 Å². The van der Waals surface area contributed by atoms with Crippen molar-refractivity contribution >= 4 is 11.8 Å². The molecule has 0 amide bonds. The summed E-state index contributed by atoms with van der Waals surface area (Å²) in [6.07, 6.45) is 0. The quantitative estimate of drug-likeness (QED) is 0.796. The van der Waals surface area contributed by atoms with E-state index in [1.165, 1.54) is 10.5 Å². The van der Waals surface area contributed by atoms with Crippen molar-refractivity contribution in [3.63, 3.8) is 0 Å². The molecule has 1 aromatic carbocycles. The van der Waals surface area contributed by atoms with Gasteiger partial charge in [-0.05, 0) is 32.5 Å². The van der Waals surface area contributed by atoms with Crippen LogP contribution in [-0.4, -0.2) is 17.8 Å². The highest BCUT2D eigenvalue weighted by Crippen LogP contribution is 2.22. The van der Waals surface area contributed by atoms with E-state index >= 15 is 0 Å². The third-order valence-electron chi connectivity index (χ3n) is 2.36. The largest absolute Gasteiger partial charge is 0.299 e. The number of aryl methyl sites for hydroxylation is 1. The maximum Gasteiger partial charge on any atom is 0.113 e. The number of rotatable bonds is 5. The molecule has 3 heteroatoms. The molecule has 1 rings (SSSR count). The number of nitrogens with one attached hydrogen (secondary N) is 1. The predicted molar refractivity (Wildman–Crippen MR) is 69.6 cm³/mol. The van der Waals surface area contributed by atoms with Crippen LogP contribution >= 0.6 is 11.8 Å². The van der Waals surface area contributed by atoms with E-state index in [4.69, 9.17) is 5.26 Å². The van der Waals surface area contributed by atoms with Gasteiger partial charge in [0.1, 0.15) is 5.54 Å². The van der Waals surface area contributed by atoms with Crippen LogP contribution in [0.4, 0.5) is 0 Å². The van der Waals surface area contributed by atoms with E-state index in [2.05, 4.69) is 42.6 Å². The van der Waals surface area contributed by atoms with E-state index in [1.807, 2.05) is 13.8 Å². The van der Waals surface area contributed by atoms with Gasteiger partial charge in [0.05, 0.1) is 6.07 Å². The van der Waals surface area contributed by atoms with Crippen LogP contribution in [0.3, 0.4) is 0 Å². The van der Waals surface area contributed by atoms with E-state index in [-0.39, 0.29) is 0 Å². The van der Waals surface area contributed by atoms with Gasteiger partial charge in [-0.15, -0.1) is 11.8 Å². The molecule has 0 aliphatic rings. The van der Waals surface area contributed by atoms with Gasteiger partial charge in [0.25, 0.3) is 0 Å². The van der Waals surface area contributed by atoms with Crippen molar-refractivity contribution in [2.45, 2.75) is 31.2 Å². The highest BCUT2D eigenvalue weighted by Gasteiger charge is 2.22. The Balaban J connectivity index is 2.56. The third kappa shape index (κ3) is 3.88. The Bertz CT molecular complexity index is 367. The average Bonchev–Trinajstić information content (AvgIpc) is 2.29. The number of nitrogens with zero attached hydrogens (tertiary/aromatic N) is 1. The van der Waals surface area contributed by atoms with Crippen molar-refractivity contribution in [3.05, 3.63) is 29.8 Å². The summed E-state index contributed by atoms with van der Waals surface area (Å²) >= 11 is 1.72. The van der Waals surface area contributed by atoms with Gasteiger partial charge in [0.15, 0.2) is 0 Å². The highest BCUT2D eigenvalue weighted by atomic mass is 32.2. The van der Waals surface area contributed by atoms with Crippen LogP contribution in [0.25, 0.3) is 0 Å². The second-order valence-electron chi connectivity index (χ2n) is 4.08. The normalized spacial score (nSPS) is 14.1. The van der Waals surface area contributed by atoms with E-state index < -0.39 is 5.54 Å². The Morgan fingerprint density at radius 1 is 1.38 bits per heavy atom. The van der Waals surface area contributed by atoms with Gasteiger partial charge in [0, 0.05) is 10.6 Å². The van der Waals surface area contributed by atoms with Crippen molar-refractivity contribution < 1.29 is 0 Å². The monoisotopic (exact) mass is 234 g/mol. The molecule has 0 radical (unpaired) electrons. The lowest BCUT2D eigenvalue weighted by molar-refractivity contribution is 0.511. The Labute approximate surface area is 102 Å². The van der Waals surface area contributed by atoms with Crippen molar-refractivity contribution in [1.82, 2.24) is 5.32 Å². The standard InChI is InChI=1S/C13H18N2S/c1-4-15-13(3,9-14)10-16-12-7-5-11(2)6-8-12/h5-8,15H,4,10H2,1-3H3. The number of benzene rings is 1. The first-order valence-corrected chi connectivity index (χ1v) is 6.44. The average molecular weight is 234 g/mol. The molecule has 2 nitrogen and oxygen atoms in total. The molecule has 0 saturated carbocycles. The number of thioether (sulfide) groups is 1. The number of nitriles is 1. The minimum absolute atomic E-state index is 0.440. The zero-order chi connectivity index (χ0) is 12.0. The maximum absolute atomic E-state index is 9.11. The van der Waals surface area contributed by atoms with Crippen molar-refractivity contribution in [2.75, 3.05) is 12.3 Å². The molecule has 0 heterocycles. The maximum atomic E-state index is 9.11. The molecule has 0 fully saturated rings. The lowest BCUT2D eigenvalue weighted by Gasteiger charge is -2.21. The smallest absolute Gasteiger partial charge is 0.113 e. The summed E-state index contributed by atoms with van der Waals surface area (Å²) in [5.74, 6) is 0.764. The molecular weight excluding hydrogens is 216 g/mol. The second-order valence-corrected chi connectivity index (χ2v) is 5.12. The Morgan fingerprint density at radius 3 is 2.50 bits per heavy atom. The number of hydrogen-bond acceptors (Lipinski definition) is 3. The molecule has 0 spiro atoms. The van der Waals surface area contributed by atoms with Crippen molar-refractivity contribution in [1.29, 1.82) is 5.26 Å². The fourth-order valence-corrected chi connectivity index (χ4v) is 2.33. The first-order valence-electron chi connectivity index (χ1n) is 5.45. The minimum Gasteiger partial charge on any atom is -0.299 e. The molecule has 0 aliphatic heterocycles. The SMILES string of the molecule is CCNC(C)(C#N)CSc1ccc(C)cc1. The van der Waals surface area contributed by atoms with E-state index in [0.29, 0.717) is 0 Å². The van der Waals surface area contributed by atoms with Crippen LogP contribution in [0.2, 0.25) is 0 Å². The Kier molecular flexibility index (Phi) is 4.85. The van der Waals surface area contributed by atoms with E-state index in [9.17, 15) is 0 Å². The topological polar surface area (TPSA) is 35.8 Å². The van der Waals surface area contributed by atoms with Gasteiger partial charge in [-0.2, -0.15) is 5.26 Å². The lowest BCUT2D eigenvalue weighted by atomic mass is 10.1. The highest BCUT2D eigenvalue weighted by molar-refractivity contribution is 7.99. The van der Waals surface area contributed by atoms with Crippen LogP contribution in [0.1, 0.15) is 19.4 Å². The van der Waals surface area contributed by atoms with E-state index in [1.54, 1.807) is 11.8 Å². The molecule has 1 N–H and O–H groups in total. The molecule has 0 aromatic heterocycles. The molecule has 86 valence electrons. The summed E-state index contributed by atoms with van der Waals surface area (Å²) in [6.45, 7) is 6.86. The first kappa shape index (κ1) is 13.1. The molecular formula is C13H18N2S. The summed E-state index contributed by atoms with van der Waals surface area (Å²) in [6, 6.07) is 10.7. The fourth-order valence-electron chi connectivity index (χ4n) is 1.38. The molecule has 1 unspecified atom stereocenters. The van der Waals surface area contributed by atoms with Gasteiger partial charge < -0.3 is 0 Å². The van der Waals surface area contributed by atoms with Gasteiger partial charge >= 0.3 is 0 Å². The predicted octanol–water partition coefficient (Wildman–Crippen LogP) is 2.98. The molecule has 0 aliphatic carbocycles. The minimum atomic E-state index is -0.440. The van der Waals surface area contributed by atoms with Crippen LogP contribution in [0.15, 0.2) is 29.2 Å². The van der Waals surface area contributed by atoms with Crippen LogP contribution < -0.4 is 5.32 Å². The summed E-state index contributed by atoms with van der Waals surface area (Å²) in [7, 11) is 0. The molecule has 1 aromatic rings. The third-order valence-corrected chi connectivity index (χ3v) is 3.69. The molecule has 0 saturated heterocycles. The molecule has 16 heavy (non-hydrogen) atoms. The van der Waals surface area contributed by atoms with Crippen LogP contribution in [-0.2, 0) is 0 Å². The zero-order valence-corrected chi connectivity index (χ0v) is 10.9. The Morgan fingerprint density at radius 2 is 2.00 bits per heavy atom.